The summed E-state index contributed by atoms with van der Waals surface area (Å²) in [6, 6.07) is 8.95. The number of sulfonamides is 1. The normalized spacial score (nSPS) is 17.6. The van der Waals surface area contributed by atoms with Crippen LogP contribution in [0.25, 0.3) is 0 Å². The van der Waals surface area contributed by atoms with E-state index in [9.17, 15) is 35.6 Å². The van der Waals surface area contributed by atoms with E-state index >= 15 is 0 Å². The van der Waals surface area contributed by atoms with Crippen molar-refractivity contribution in [2.75, 3.05) is 32.9 Å². The summed E-state index contributed by atoms with van der Waals surface area (Å²) in [5.74, 6) is -2.27. The third kappa shape index (κ3) is 6.38. The Balaban J connectivity index is 1.40. The van der Waals surface area contributed by atoms with E-state index < -0.39 is 39.4 Å². The highest BCUT2D eigenvalue weighted by Gasteiger charge is 2.47. The zero-order chi connectivity index (χ0) is 28.6. The van der Waals surface area contributed by atoms with Crippen LogP contribution in [0.2, 0.25) is 0 Å². The predicted molar refractivity (Wildman–Crippen MR) is 133 cm³/mol. The molecule has 2 aromatic carbocycles. The lowest BCUT2D eigenvalue weighted by Crippen LogP contribution is -2.50. The van der Waals surface area contributed by atoms with Gasteiger partial charge in [-0.3, -0.25) is 14.6 Å². The maximum Gasteiger partial charge on any atom is 0.573 e. The number of nitrogens with zero attached hydrogens (tertiary/aromatic N) is 3. The van der Waals surface area contributed by atoms with Crippen molar-refractivity contribution in [3.05, 3.63) is 65.0 Å². The van der Waals surface area contributed by atoms with Crippen molar-refractivity contribution >= 4 is 27.7 Å². The molecule has 39 heavy (non-hydrogen) atoms. The number of nitrogens with one attached hydrogen (secondary N) is 1. The lowest BCUT2D eigenvalue weighted by atomic mass is 9.89. The predicted octanol–water partition coefficient (Wildman–Crippen LogP) is 2.71. The zero-order valence-electron chi connectivity index (χ0n) is 21.1. The molecule has 0 bridgehead atoms. The number of ether oxygens (including phenoxy) is 1. The molecule has 0 aromatic heterocycles. The second-order valence-corrected chi connectivity index (χ2v) is 11.6. The number of hydrogen-bond donors (Lipinski definition) is 1. The number of amides is 2. The average molecular weight is 571 g/mol. The van der Waals surface area contributed by atoms with Gasteiger partial charge in [-0.15, -0.1) is 13.2 Å². The minimum atomic E-state index is -4.88. The quantitative estimate of drug-likeness (QED) is 0.515. The van der Waals surface area contributed by atoms with E-state index in [1.165, 1.54) is 47.6 Å². The summed E-state index contributed by atoms with van der Waals surface area (Å²) in [5, 5.41) is 2.58. The molecule has 1 saturated heterocycles. The lowest BCUT2D eigenvalue weighted by molar-refractivity contribution is -0.274. The molecule has 0 saturated carbocycles. The molecule has 2 amide bonds. The molecule has 1 fully saturated rings. The number of aryl methyl sites for hydroxylation is 1. The number of aliphatic imine (C=N–C) groups is 1. The van der Waals surface area contributed by atoms with Crippen molar-refractivity contribution in [1.29, 1.82) is 0 Å². The highest BCUT2D eigenvalue weighted by atomic mass is 32.2. The van der Waals surface area contributed by atoms with Crippen molar-refractivity contribution in [1.82, 2.24) is 14.5 Å². The number of carbonyl (C=O) groups is 2. The number of rotatable bonds is 7. The number of alkyl halides is 3. The van der Waals surface area contributed by atoms with Crippen molar-refractivity contribution in [3.8, 4) is 5.75 Å². The molecular weight excluding hydrogens is 544 g/mol. The molecule has 210 valence electrons. The highest BCUT2D eigenvalue weighted by molar-refractivity contribution is 7.89. The first-order valence-electron chi connectivity index (χ1n) is 11.9. The molecule has 2 aromatic rings. The molecule has 1 spiro atoms. The third-order valence-corrected chi connectivity index (χ3v) is 8.47. The molecule has 14 heteroatoms. The number of piperidine rings is 1. The Morgan fingerprint density at radius 1 is 1.15 bits per heavy atom. The van der Waals surface area contributed by atoms with Crippen LogP contribution in [0.1, 0.15) is 34.3 Å². The molecule has 0 atom stereocenters. The van der Waals surface area contributed by atoms with Gasteiger partial charge in [0.25, 0.3) is 11.8 Å². The minimum Gasteiger partial charge on any atom is -0.406 e. The number of carbonyl (C=O) groups excluding carboxylic acids is 2. The summed E-state index contributed by atoms with van der Waals surface area (Å²) in [7, 11) is -0.727. The van der Waals surface area contributed by atoms with Crippen LogP contribution in [0.4, 0.5) is 17.6 Å². The van der Waals surface area contributed by atoms with Gasteiger partial charge in [0, 0.05) is 38.3 Å². The summed E-state index contributed by atoms with van der Waals surface area (Å²) in [6.07, 6.45) is -4.85. The van der Waals surface area contributed by atoms with Gasteiger partial charge < -0.3 is 15.0 Å². The van der Waals surface area contributed by atoms with Crippen LogP contribution in [-0.2, 0) is 21.2 Å². The summed E-state index contributed by atoms with van der Waals surface area (Å²) < 4.78 is 83.3. The summed E-state index contributed by atoms with van der Waals surface area (Å²) in [6.45, 7) is -0.0228. The van der Waals surface area contributed by atoms with Crippen LogP contribution in [0.15, 0.2) is 47.5 Å². The Kier molecular flexibility index (Phi) is 7.72. The van der Waals surface area contributed by atoms with Crippen molar-refractivity contribution in [3.63, 3.8) is 0 Å². The number of benzene rings is 2. The van der Waals surface area contributed by atoms with Crippen molar-refractivity contribution in [2.24, 2.45) is 4.99 Å². The van der Waals surface area contributed by atoms with Crippen LogP contribution in [0.5, 0.6) is 5.75 Å². The van der Waals surface area contributed by atoms with Gasteiger partial charge in [-0.25, -0.2) is 17.1 Å². The maximum absolute atomic E-state index is 14.5. The average Bonchev–Trinajstić information content (AvgIpc) is 3.17. The summed E-state index contributed by atoms with van der Waals surface area (Å²) in [5.41, 5.74) is -0.718. The monoisotopic (exact) mass is 570 g/mol. The standard InChI is InChI=1S/C25H26F4N4O5S/c1-32(2)22(34)18-7-6-16(20(26)15-18)8-13-39(36,37)33-11-9-24(10-12-33)23(35)30-21(31-24)17-4-3-5-19(14-17)38-25(27,28)29/h3-7,14-15H,8-13H2,1-2H3,(H,30,31,35). The van der Waals surface area contributed by atoms with E-state index in [-0.39, 0.29) is 66.5 Å². The second kappa shape index (κ2) is 10.6. The second-order valence-electron chi connectivity index (χ2n) is 9.49. The van der Waals surface area contributed by atoms with Crippen LogP contribution in [0.3, 0.4) is 0 Å². The van der Waals surface area contributed by atoms with Crippen LogP contribution in [-0.4, -0.2) is 80.1 Å². The molecule has 2 aliphatic heterocycles. The Morgan fingerprint density at radius 2 is 1.85 bits per heavy atom. The molecule has 4 rings (SSSR count). The molecule has 2 heterocycles. The van der Waals surface area contributed by atoms with Gasteiger partial charge in [0.2, 0.25) is 10.0 Å². The maximum atomic E-state index is 14.5. The smallest absolute Gasteiger partial charge is 0.406 e. The van der Waals surface area contributed by atoms with Gasteiger partial charge in [-0.2, -0.15) is 0 Å². The fraction of sp³-hybridized carbons (Fsp3) is 0.400. The van der Waals surface area contributed by atoms with Crippen molar-refractivity contribution in [2.45, 2.75) is 31.2 Å². The van der Waals surface area contributed by atoms with Gasteiger partial charge in [0.15, 0.2) is 0 Å². The van der Waals surface area contributed by atoms with Gasteiger partial charge in [-0.05, 0) is 49.1 Å². The fourth-order valence-corrected chi connectivity index (χ4v) is 5.95. The Labute approximate surface area is 222 Å². The van der Waals surface area contributed by atoms with E-state index in [1.807, 2.05) is 0 Å². The molecule has 2 aliphatic rings. The first-order chi connectivity index (χ1) is 18.2. The molecule has 0 aliphatic carbocycles. The van der Waals surface area contributed by atoms with E-state index in [4.69, 9.17) is 0 Å². The topological polar surface area (TPSA) is 108 Å². The number of halogens is 4. The van der Waals surface area contributed by atoms with Gasteiger partial charge >= 0.3 is 6.36 Å². The van der Waals surface area contributed by atoms with Crippen molar-refractivity contribution < 1.29 is 40.3 Å². The number of amidine groups is 1. The zero-order valence-corrected chi connectivity index (χ0v) is 21.9. The Bertz CT molecular complexity index is 1420. The molecule has 0 radical (unpaired) electrons. The van der Waals surface area contributed by atoms with Gasteiger partial charge in [-0.1, -0.05) is 18.2 Å². The minimum absolute atomic E-state index is 0.0114. The SMILES string of the molecule is CN(C)C(=O)c1ccc(CCS(=O)(=O)N2CCC3(CC2)N=C(c2cccc(OC(F)(F)F)c2)NC3=O)c(F)c1. The fourth-order valence-electron chi connectivity index (χ4n) is 4.48. The molecular formula is C25H26F4N4O5S. The largest absolute Gasteiger partial charge is 0.573 e. The van der Waals surface area contributed by atoms with E-state index in [0.717, 1.165) is 18.2 Å². The van der Waals surface area contributed by atoms with Crippen LogP contribution < -0.4 is 10.1 Å². The number of hydrogen-bond acceptors (Lipinski definition) is 6. The van der Waals surface area contributed by atoms with Crippen LogP contribution in [0, 0.1) is 5.82 Å². The first kappa shape index (κ1) is 28.5. The Morgan fingerprint density at radius 3 is 2.46 bits per heavy atom. The molecule has 9 nitrogen and oxygen atoms in total. The molecule has 1 N–H and O–H groups in total. The third-order valence-electron chi connectivity index (χ3n) is 6.60. The van der Waals surface area contributed by atoms with Gasteiger partial charge in [0.1, 0.15) is 22.9 Å². The van der Waals surface area contributed by atoms with E-state index in [0.29, 0.717) is 0 Å². The lowest BCUT2D eigenvalue weighted by Gasteiger charge is -2.34. The Hall–Kier alpha value is -3.52. The first-order valence-corrected chi connectivity index (χ1v) is 13.6. The van der Waals surface area contributed by atoms with E-state index in [2.05, 4.69) is 15.0 Å². The summed E-state index contributed by atoms with van der Waals surface area (Å²) >= 11 is 0. The summed E-state index contributed by atoms with van der Waals surface area (Å²) in [4.78, 5) is 30.5. The van der Waals surface area contributed by atoms with Crippen LogP contribution >= 0.6 is 0 Å². The highest BCUT2D eigenvalue weighted by Crippen LogP contribution is 2.33. The van der Waals surface area contributed by atoms with E-state index in [1.54, 1.807) is 0 Å². The molecule has 0 unspecified atom stereocenters. The van der Waals surface area contributed by atoms with Gasteiger partial charge in [0.05, 0.1) is 5.75 Å².